The lowest BCUT2D eigenvalue weighted by atomic mass is 9.80. The highest BCUT2D eigenvalue weighted by Gasteiger charge is 2.35. The van der Waals surface area contributed by atoms with Crippen molar-refractivity contribution >= 4 is 11.8 Å². The number of likely N-dealkylation sites (tertiary alicyclic amines) is 1. The van der Waals surface area contributed by atoms with Crippen molar-refractivity contribution in [3.05, 3.63) is 59.2 Å². The summed E-state index contributed by atoms with van der Waals surface area (Å²) < 4.78 is 10.9. The van der Waals surface area contributed by atoms with E-state index in [4.69, 9.17) is 9.47 Å². The van der Waals surface area contributed by atoms with Crippen molar-refractivity contribution in [2.45, 2.75) is 50.6 Å². The summed E-state index contributed by atoms with van der Waals surface area (Å²) in [5, 5.41) is 5.75. The van der Waals surface area contributed by atoms with Crippen LogP contribution in [0.25, 0.3) is 0 Å². The van der Waals surface area contributed by atoms with Crippen LogP contribution in [0, 0.1) is 6.92 Å². The number of nitrogens with one attached hydrogen (secondary N) is 2. The van der Waals surface area contributed by atoms with Gasteiger partial charge in [0.2, 0.25) is 12.7 Å². The first kappa shape index (κ1) is 21.8. The standard InChI is InChI=1S/C26H31N3O4/c1-17-3-2-4-20(11-17)26(31)27-13-25(30)28-21-14-29(15-21)22-8-5-18(6-9-22)19-7-10-23-24(12-19)33-16-32-23/h2-4,7,10-12,18,21-22H,5-6,8-9,13-16H2,1H3,(H,27,31)(H,28,30)/t18-,22+. The number of ether oxygens (including phenoxy) is 2. The zero-order valence-electron chi connectivity index (χ0n) is 19.0. The van der Waals surface area contributed by atoms with Gasteiger partial charge >= 0.3 is 0 Å². The molecule has 1 saturated carbocycles. The number of nitrogens with zero attached hydrogens (tertiary/aromatic N) is 1. The van der Waals surface area contributed by atoms with Crippen molar-refractivity contribution in [2.75, 3.05) is 26.4 Å². The van der Waals surface area contributed by atoms with Crippen LogP contribution in [0.5, 0.6) is 11.5 Å². The van der Waals surface area contributed by atoms with Crippen molar-refractivity contribution in [3.8, 4) is 11.5 Å². The number of carbonyl (C=O) groups is 2. The van der Waals surface area contributed by atoms with Gasteiger partial charge in [0.15, 0.2) is 11.5 Å². The molecular formula is C26H31N3O4. The largest absolute Gasteiger partial charge is 0.454 e. The van der Waals surface area contributed by atoms with Gasteiger partial charge in [0, 0.05) is 24.7 Å². The van der Waals surface area contributed by atoms with Crippen LogP contribution in [0.3, 0.4) is 0 Å². The van der Waals surface area contributed by atoms with E-state index >= 15 is 0 Å². The Hall–Kier alpha value is -3.06. The summed E-state index contributed by atoms with van der Waals surface area (Å²) in [5.74, 6) is 1.93. The fourth-order valence-corrected chi connectivity index (χ4v) is 5.17. The molecule has 2 aromatic carbocycles. The number of carbonyl (C=O) groups excluding carboxylic acids is 2. The van der Waals surface area contributed by atoms with E-state index in [0.717, 1.165) is 30.2 Å². The molecule has 0 radical (unpaired) electrons. The predicted molar refractivity (Wildman–Crippen MR) is 125 cm³/mol. The van der Waals surface area contributed by atoms with E-state index in [1.807, 2.05) is 31.2 Å². The zero-order chi connectivity index (χ0) is 22.8. The lowest BCUT2D eigenvalue weighted by Gasteiger charge is -2.46. The minimum absolute atomic E-state index is 0.00389. The third kappa shape index (κ3) is 4.98. The Bertz CT molecular complexity index is 1030. The summed E-state index contributed by atoms with van der Waals surface area (Å²) in [6.45, 7) is 4.03. The highest BCUT2D eigenvalue weighted by Crippen LogP contribution is 2.40. The Balaban J connectivity index is 1.01. The molecule has 5 rings (SSSR count). The maximum Gasteiger partial charge on any atom is 0.251 e. The Morgan fingerprint density at radius 2 is 1.79 bits per heavy atom. The quantitative estimate of drug-likeness (QED) is 0.709. The molecule has 2 aliphatic heterocycles. The Morgan fingerprint density at radius 1 is 1.00 bits per heavy atom. The molecule has 1 aliphatic carbocycles. The van der Waals surface area contributed by atoms with Gasteiger partial charge in [-0.2, -0.15) is 0 Å². The molecule has 0 bridgehead atoms. The molecule has 2 N–H and O–H groups in total. The summed E-state index contributed by atoms with van der Waals surface area (Å²) in [7, 11) is 0. The number of fused-ring (bicyclic) bond motifs is 1. The van der Waals surface area contributed by atoms with Crippen molar-refractivity contribution in [3.63, 3.8) is 0 Å². The zero-order valence-corrected chi connectivity index (χ0v) is 19.0. The van der Waals surface area contributed by atoms with Crippen molar-refractivity contribution in [2.24, 2.45) is 0 Å². The van der Waals surface area contributed by atoms with E-state index < -0.39 is 0 Å². The fraction of sp³-hybridized carbons (Fsp3) is 0.462. The van der Waals surface area contributed by atoms with Crippen molar-refractivity contribution in [1.82, 2.24) is 15.5 Å². The minimum atomic E-state index is -0.219. The van der Waals surface area contributed by atoms with Gasteiger partial charge in [-0.1, -0.05) is 23.8 Å². The summed E-state index contributed by atoms with van der Waals surface area (Å²) in [6.07, 6.45) is 4.68. The molecule has 7 nitrogen and oxygen atoms in total. The average Bonchev–Trinajstić information content (AvgIpc) is 3.28. The Morgan fingerprint density at radius 3 is 2.58 bits per heavy atom. The molecule has 0 atom stereocenters. The second kappa shape index (κ2) is 9.43. The van der Waals surface area contributed by atoms with Crippen molar-refractivity contribution in [1.29, 1.82) is 0 Å². The molecule has 0 aromatic heterocycles. The van der Waals surface area contributed by atoms with Gasteiger partial charge < -0.3 is 20.1 Å². The van der Waals surface area contributed by atoms with E-state index in [2.05, 4.69) is 27.7 Å². The van der Waals surface area contributed by atoms with Gasteiger partial charge in [-0.15, -0.1) is 0 Å². The normalized spacial score (nSPS) is 22.5. The number of rotatable bonds is 6. The van der Waals surface area contributed by atoms with Crippen LogP contribution in [0.2, 0.25) is 0 Å². The maximum atomic E-state index is 12.2. The van der Waals surface area contributed by atoms with E-state index in [0.29, 0.717) is 24.3 Å². The molecule has 3 aliphatic rings. The van der Waals surface area contributed by atoms with Crippen molar-refractivity contribution < 1.29 is 19.1 Å². The topological polar surface area (TPSA) is 79.9 Å². The number of benzene rings is 2. The van der Waals surface area contributed by atoms with Gasteiger partial charge in [-0.05, 0) is 68.4 Å². The molecule has 0 unspecified atom stereocenters. The van der Waals surface area contributed by atoms with Gasteiger partial charge in [0.25, 0.3) is 5.91 Å². The molecule has 2 fully saturated rings. The first-order valence-corrected chi connectivity index (χ1v) is 11.8. The summed E-state index contributed by atoms with van der Waals surface area (Å²) in [6, 6.07) is 14.4. The fourth-order valence-electron chi connectivity index (χ4n) is 5.17. The van der Waals surface area contributed by atoms with E-state index in [9.17, 15) is 9.59 Å². The molecule has 1 saturated heterocycles. The minimum Gasteiger partial charge on any atom is -0.454 e. The smallest absolute Gasteiger partial charge is 0.251 e. The molecule has 0 spiro atoms. The van der Waals surface area contributed by atoms with Crippen LogP contribution in [-0.2, 0) is 4.79 Å². The summed E-state index contributed by atoms with van der Waals surface area (Å²) in [5.41, 5.74) is 2.94. The highest BCUT2D eigenvalue weighted by molar-refractivity contribution is 5.96. The van der Waals surface area contributed by atoms with Gasteiger partial charge in [-0.3, -0.25) is 14.5 Å². The lowest BCUT2D eigenvalue weighted by molar-refractivity contribution is -0.122. The van der Waals surface area contributed by atoms with E-state index in [-0.39, 0.29) is 24.4 Å². The van der Waals surface area contributed by atoms with Crippen LogP contribution in [0.15, 0.2) is 42.5 Å². The Labute approximate surface area is 194 Å². The first-order valence-electron chi connectivity index (χ1n) is 11.8. The second-order valence-corrected chi connectivity index (χ2v) is 9.39. The van der Waals surface area contributed by atoms with E-state index in [1.165, 1.54) is 31.2 Å². The monoisotopic (exact) mass is 449 g/mol. The van der Waals surface area contributed by atoms with E-state index in [1.54, 1.807) is 6.07 Å². The number of hydrogen-bond donors (Lipinski definition) is 2. The number of aryl methyl sites for hydroxylation is 1. The van der Waals surface area contributed by atoms with Crippen LogP contribution in [0.4, 0.5) is 0 Å². The predicted octanol–water partition coefficient (Wildman–Crippen LogP) is 2.98. The SMILES string of the molecule is Cc1cccc(C(=O)NCC(=O)NC2CN([C@H]3CC[C@@H](c4ccc5c(c4)OCO5)CC3)C2)c1. The molecule has 33 heavy (non-hydrogen) atoms. The maximum absolute atomic E-state index is 12.2. The van der Waals surface area contributed by atoms with Gasteiger partial charge in [0.05, 0.1) is 12.6 Å². The molecule has 7 heteroatoms. The molecule has 2 aromatic rings. The van der Waals surface area contributed by atoms with Crippen LogP contribution >= 0.6 is 0 Å². The molecule has 2 amide bonds. The average molecular weight is 450 g/mol. The van der Waals surface area contributed by atoms with Gasteiger partial charge in [0.1, 0.15) is 0 Å². The van der Waals surface area contributed by atoms with Crippen LogP contribution in [0.1, 0.15) is 53.1 Å². The lowest BCUT2D eigenvalue weighted by Crippen LogP contribution is -2.63. The molecule has 2 heterocycles. The highest BCUT2D eigenvalue weighted by atomic mass is 16.7. The van der Waals surface area contributed by atoms with Crippen LogP contribution < -0.4 is 20.1 Å². The Kier molecular flexibility index (Phi) is 6.22. The third-order valence-electron chi connectivity index (χ3n) is 7.05. The number of hydrogen-bond acceptors (Lipinski definition) is 5. The first-order chi connectivity index (χ1) is 16.0. The second-order valence-electron chi connectivity index (χ2n) is 9.39. The van der Waals surface area contributed by atoms with Gasteiger partial charge in [-0.25, -0.2) is 0 Å². The van der Waals surface area contributed by atoms with Crippen LogP contribution in [-0.4, -0.2) is 55.2 Å². The molecule has 174 valence electrons. The third-order valence-corrected chi connectivity index (χ3v) is 7.05. The summed E-state index contributed by atoms with van der Waals surface area (Å²) in [4.78, 5) is 26.9. The number of amides is 2. The molecular weight excluding hydrogens is 418 g/mol. The summed E-state index contributed by atoms with van der Waals surface area (Å²) >= 11 is 0.